The molecule has 0 bridgehead atoms. The number of nitrogens with zero attached hydrogens (tertiary/aromatic N) is 1. The van der Waals surface area contributed by atoms with Crippen molar-refractivity contribution in [2.45, 2.75) is 62.1 Å². The highest BCUT2D eigenvalue weighted by Gasteiger charge is 2.52. The van der Waals surface area contributed by atoms with Gasteiger partial charge in [-0.25, -0.2) is 4.79 Å². The summed E-state index contributed by atoms with van der Waals surface area (Å²) in [6, 6.07) is 10.4. The number of nitrogens with one attached hydrogen (secondary N) is 2. The first kappa shape index (κ1) is 33.5. The lowest BCUT2D eigenvalue weighted by molar-refractivity contribution is -0.143. The van der Waals surface area contributed by atoms with E-state index in [1.54, 1.807) is 25.2 Å². The number of likely N-dealkylation sites (tertiary alicyclic amines) is 1. The molecule has 2 aromatic carbocycles. The van der Waals surface area contributed by atoms with Crippen molar-refractivity contribution in [3.8, 4) is 0 Å². The number of carbonyl (C=O) groups is 2. The second-order valence-corrected chi connectivity index (χ2v) is 11.2. The maximum Gasteiger partial charge on any atom is 0.509 e. The highest BCUT2D eigenvalue weighted by molar-refractivity contribution is 5.79. The van der Waals surface area contributed by atoms with Crippen LogP contribution in [-0.2, 0) is 36.9 Å². The second kappa shape index (κ2) is 13.3. The van der Waals surface area contributed by atoms with Gasteiger partial charge in [0, 0.05) is 19.5 Å². The van der Waals surface area contributed by atoms with Crippen molar-refractivity contribution in [1.82, 2.24) is 15.5 Å². The summed E-state index contributed by atoms with van der Waals surface area (Å²) in [5, 5.41) is 5.87. The van der Waals surface area contributed by atoms with Crippen molar-refractivity contribution >= 4 is 12.1 Å². The largest absolute Gasteiger partial charge is 0.509 e. The van der Waals surface area contributed by atoms with Crippen molar-refractivity contribution in [1.29, 1.82) is 0 Å². The maximum absolute atomic E-state index is 13.5. The van der Waals surface area contributed by atoms with Gasteiger partial charge in [0.05, 0.1) is 34.9 Å². The van der Waals surface area contributed by atoms with E-state index < -0.39 is 46.8 Å². The topological polar surface area (TPSA) is 89.1 Å². The number of hydrogen-bond acceptors (Lipinski definition) is 7. The molecule has 0 radical (unpaired) electrons. The standard InChI is InChI=1S/C30H35F6N3O5/c1-20(21-14-23(29(31,32)33)16-24(15-21)30(34,35)36)43-18-28(22-6-4-3-5-7-22)11-10-27(9-8-25(40)38-27)17-39(28)19-44-26(41)42-13-12-37-2/h3-7,14-16,20,37H,8-13,17-19H2,1-2H3,(H,38,40)/t20-,27-,28-/m1/s1. The molecule has 2 heterocycles. The molecule has 0 saturated carbocycles. The van der Waals surface area contributed by atoms with Crippen LogP contribution in [-0.4, -0.2) is 62.6 Å². The molecule has 1 spiro atoms. The molecule has 2 aliphatic rings. The third kappa shape index (κ3) is 7.83. The first-order valence-corrected chi connectivity index (χ1v) is 14.1. The van der Waals surface area contributed by atoms with E-state index >= 15 is 0 Å². The summed E-state index contributed by atoms with van der Waals surface area (Å²) in [6.45, 7) is 1.66. The fourth-order valence-corrected chi connectivity index (χ4v) is 5.75. The number of hydrogen-bond donors (Lipinski definition) is 2. The molecule has 14 heteroatoms. The number of ether oxygens (including phenoxy) is 3. The normalized spacial score (nSPS) is 23.4. The Hall–Kier alpha value is -3.36. The van der Waals surface area contributed by atoms with Crippen LogP contribution in [0, 0.1) is 0 Å². The van der Waals surface area contributed by atoms with Gasteiger partial charge >= 0.3 is 18.5 Å². The quantitative estimate of drug-likeness (QED) is 0.196. The van der Waals surface area contributed by atoms with E-state index in [0.717, 1.165) is 5.56 Å². The van der Waals surface area contributed by atoms with Gasteiger partial charge in [-0.05, 0) is 62.6 Å². The van der Waals surface area contributed by atoms with Crippen molar-refractivity contribution in [2.24, 2.45) is 0 Å². The zero-order valence-electron chi connectivity index (χ0n) is 24.3. The number of amides is 1. The molecule has 0 aromatic heterocycles. The van der Waals surface area contributed by atoms with E-state index in [-0.39, 0.29) is 44.0 Å². The van der Waals surface area contributed by atoms with Gasteiger partial charge in [0.25, 0.3) is 0 Å². The van der Waals surface area contributed by atoms with Gasteiger partial charge in [0.1, 0.15) is 13.3 Å². The van der Waals surface area contributed by atoms with E-state index in [1.807, 2.05) is 17.0 Å². The molecule has 8 nitrogen and oxygen atoms in total. The molecule has 2 aromatic rings. The molecule has 0 aliphatic carbocycles. The minimum Gasteiger partial charge on any atom is -0.433 e. The summed E-state index contributed by atoms with van der Waals surface area (Å²) in [6.07, 6.45) is -10.3. The van der Waals surface area contributed by atoms with Gasteiger partial charge in [-0.3, -0.25) is 9.69 Å². The van der Waals surface area contributed by atoms with E-state index in [4.69, 9.17) is 14.2 Å². The zero-order valence-corrected chi connectivity index (χ0v) is 24.3. The van der Waals surface area contributed by atoms with E-state index in [1.165, 1.54) is 6.92 Å². The number of alkyl halides is 6. The van der Waals surface area contributed by atoms with Crippen LogP contribution in [0.2, 0.25) is 0 Å². The Bertz CT molecular complexity index is 1280. The number of benzene rings is 2. The number of piperidine rings is 1. The van der Waals surface area contributed by atoms with Crippen LogP contribution < -0.4 is 10.6 Å². The predicted octanol–water partition coefficient (Wildman–Crippen LogP) is 5.77. The lowest BCUT2D eigenvalue weighted by Crippen LogP contribution is -2.64. The molecule has 4 rings (SSSR count). The Balaban J connectivity index is 1.66. The molecule has 2 aliphatic heterocycles. The molecule has 1 amide bonds. The lowest BCUT2D eigenvalue weighted by atomic mass is 9.74. The van der Waals surface area contributed by atoms with Crippen LogP contribution >= 0.6 is 0 Å². The fraction of sp³-hybridized carbons (Fsp3) is 0.533. The summed E-state index contributed by atoms with van der Waals surface area (Å²) in [5.41, 5.74) is -4.05. The Morgan fingerprint density at radius 3 is 2.23 bits per heavy atom. The molecular formula is C30H35F6N3O5. The molecule has 2 fully saturated rings. The fourth-order valence-electron chi connectivity index (χ4n) is 5.75. The second-order valence-electron chi connectivity index (χ2n) is 11.2. The first-order valence-electron chi connectivity index (χ1n) is 14.1. The van der Waals surface area contributed by atoms with Gasteiger partial charge in [0.15, 0.2) is 0 Å². The Labute approximate surface area is 251 Å². The van der Waals surface area contributed by atoms with Gasteiger partial charge in [-0.15, -0.1) is 0 Å². The monoisotopic (exact) mass is 631 g/mol. The average molecular weight is 632 g/mol. The van der Waals surface area contributed by atoms with E-state index in [9.17, 15) is 35.9 Å². The summed E-state index contributed by atoms with van der Waals surface area (Å²) in [4.78, 5) is 26.4. The predicted molar refractivity (Wildman–Crippen MR) is 146 cm³/mol. The molecule has 44 heavy (non-hydrogen) atoms. The van der Waals surface area contributed by atoms with Crippen LogP contribution in [0.15, 0.2) is 48.5 Å². The summed E-state index contributed by atoms with van der Waals surface area (Å²) in [7, 11) is 1.69. The van der Waals surface area contributed by atoms with Crippen molar-refractivity contribution < 1.29 is 50.1 Å². The molecule has 2 saturated heterocycles. The van der Waals surface area contributed by atoms with Crippen LogP contribution in [0.4, 0.5) is 31.1 Å². The third-order valence-electron chi connectivity index (χ3n) is 8.22. The minimum atomic E-state index is -5.00. The average Bonchev–Trinajstić information content (AvgIpc) is 3.34. The van der Waals surface area contributed by atoms with E-state index in [2.05, 4.69) is 10.6 Å². The highest BCUT2D eigenvalue weighted by Crippen LogP contribution is 2.45. The Morgan fingerprint density at radius 1 is 1.00 bits per heavy atom. The van der Waals surface area contributed by atoms with Crippen molar-refractivity contribution in [3.63, 3.8) is 0 Å². The third-order valence-corrected chi connectivity index (χ3v) is 8.22. The smallest absolute Gasteiger partial charge is 0.433 e. The van der Waals surface area contributed by atoms with E-state index in [0.29, 0.717) is 44.4 Å². The Morgan fingerprint density at radius 2 is 1.66 bits per heavy atom. The summed E-state index contributed by atoms with van der Waals surface area (Å²) >= 11 is 0. The molecular weight excluding hydrogens is 596 g/mol. The van der Waals surface area contributed by atoms with Crippen LogP contribution in [0.25, 0.3) is 0 Å². The zero-order chi connectivity index (χ0) is 32.2. The number of halogens is 6. The minimum absolute atomic E-state index is 0.0662. The number of likely N-dealkylation sites (N-methyl/N-ethyl adjacent to an activating group) is 1. The van der Waals surface area contributed by atoms with Crippen LogP contribution in [0.5, 0.6) is 0 Å². The molecule has 2 N–H and O–H groups in total. The molecule has 0 unspecified atom stereocenters. The van der Waals surface area contributed by atoms with Crippen LogP contribution in [0.3, 0.4) is 0 Å². The molecule has 3 atom stereocenters. The van der Waals surface area contributed by atoms with Crippen LogP contribution in [0.1, 0.15) is 61.0 Å². The van der Waals surface area contributed by atoms with Gasteiger partial charge in [-0.1, -0.05) is 30.3 Å². The van der Waals surface area contributed by atoms with Gasteiger partial charge in [-0.2, -0.15) is 26.3 Å². The molecule has 242 valence electrons. The Kier molecular flexibility index (Phi) is 10.2. The lowest BCUT2D eigenvalue weighted by Gasteiger charge is -2.52. The first-order chi connectivity index (χ1) is 20.7. The number of carbonyl (C=O) groups excluding carboxylic acids is 2. The maximum atomic E-state index is 13.5. The SMILES string of the molecule is CNCCOC(=O)OCN1C[C@@]2(CCC(=O)N2)CC[C@@]1(CO[C@H](C)c1cc(C(F)(F)F)cc(C(F)(F)F)c1)c1ccccc1. The summed E-state index contributed by atoms with van der Waals surface area (Å²) in [5.74, 6) is -0.112. The highest BCUT2D eigenvalue weighted by atomic mass is 19.4. The van der Waals surface area contributed by atoms with Crippen molar-refractivity contribution in [3.05, 3.63) is 70.8 Å². The van der Waals surface area contributed by atoms with Gasteiger partial charge in [0.2, 0.25) is 5.91 Å². The van der Waals surface area contributed by atoms with Gasteiger partial charge < -0.3 is 24.8 Å². The number of rotatable bonds is 10. The summed E-state index contributed by atoms with van der Waals surface area (Å²) < 4.78 is 97.8. The van der Waals surface area contributed by atoms with Crippen molar-refractivity contribution in [2.75, 3.05) is 40.1 Å².